The second-order valence-electron chi connectivity index (χ2n) is 9.80. The molecule has 2 aromatic rings. The van der Waals surface area contributed by atoms with Crippen molar-refractivity contribution in [2.75, 3.05) is 23.7 Å². The molecule has 0 heterocycles. The van der Waals surface area contributed by atoms with Gasteiger partial charge in [0.05, 0.1) is 11.9 Å². The molecular weight excluding hydrogens is 450 g/mol. The van der Waals surface area contributed by atoms with E-state index in [4.69, 9.17) is 0 Å². The van der Waals surface area contributed by atoms with E-state index in [1.165, 1.54) is 4.90 Å². The molecule has 1 atom stereocenters. The Bertz CT molecular complexity index is 1110. The zero-order chi connectivity index (χ0) is 25.7. The van der Waals surface area contributed by atoms with Crippen LogP contribution in [0.1, 0.15) is 44.4 Å². The Morgan fingerprint density at radius 2 is 1.65 bits per heavy atom. The number of benzene rings is 2. The van der Waals surface area contributed by atoms with Crippen LogP contribution in [0.25, 0.3) is 0 Å². The lowest BCUT2D eigenvalue weighted by molar-refractivity contribution is -0.139. The van der Waals surface area contributed by atoms with Crippen LogP contribution in [0.2, 0.25) is 0 Å². The lowest BCUT2D eigenvalue weighted by Gasteiger charge is -2.33. The molecule has 0 saturated heterocycles. The summed E-state index contributed by atoms with van der Waals surface area (Å²) in [5.74, 6) is -0.718. The van der Waals surface area contributed by atoms with Gasteiger partial charge in [-0.3, -0.25) is 13.9 Å². The molecule has 0 bridgehead atoms. The number of nitrogens with one attached hydrogen (secondary N) is 1. The fourth-order valence-corrected chi connectivity index (χ4v) is 4.63. The molecule has 2 rings (SSSR count). The van der Waals surface area contributed by atoms with Crippen LogP contribution < -0.4 is 9.62 Å². The molecule has 2 amide bonds. The standard InChI is InChI=1S/C26H37N3O4S/c1-19-13-14-23(20(2)17-19)29(34(7,32)33)18-24(30)28(16-15-22-11-9-8-10-12-22)21(3)25(31)27-26(4,5)6/h8-14,17,21H,15-16,18H2,1-7H3,(H,27,31). The van der Waals surface area contributed by atoms with Crippen molar-refractivity contribution >= 4 is 27.5 Å². The van der Waals surface area contributed by atoms with Crippen LogP contribution in [-0.4, -0.2) is 56.1 Å². The first-order valence-electron chi connectivity index (χ1n) is 11.4. The van der Waals surface area contributed by atoms with Crippen molar-refractivity contribution in [1.82, 2.24) is 10.2 Å². The third kappa shape index (κ3) is 7.87. The van der Waals surface area contributed by atoms with E-state index in [-0.39, 0.29) is 19.0 Å². The highest BCUT2D eigenvalue weighted by Gasteiger charge is 2.31. The molecule has 1 N–H and O–H groups in total. The molecule has 0 aliphatic heterocycles. The molecule has 0 saturated carbocycles. The van der Waals surface area contributed by atoms with Crippen LogP contribution in [0.4, 0.5) is 5.69 Å². The third-order valence-electron chi connectivity index (χ3n) is 5.45. The van der Waals surface area contributed by atoms with Crippen LogP contribution in [0.3, 0.4) is 0 Å². The lowest BCUT2D eigenvalue weighted by Crippen LogP contribution is -2.55. The Morgan fingerprint density at radius 3 is 2.18 bits per heavy atom. The minimum absolute atomic E-state index is 0.284. The van der Waals surface area contributed by atoms with Gasteiger partial charge in [0.15, 0.2) is 0 Å². The van der Waals surface area contributed by atoms with E-state index in [1.54, 1.807) is 13.0 Å². The maximum absolute atomic E-state index is 13.5. The van der Waals surface area contributed by atoms with Crippen LogP contribution in [0.5, 0.6) is 0 Å². The van der Waals surface area contributed by atoms with E-state index in [0.29, 0.717) is 12.1 Å². The van der Waals surface area contributed by atoms with Gasteiger partial charge < -0.3 is 10.2 Å². The topological polar surface area (TPSA) is 86.8 Å². The van der Waals surface area contributed by atoms with Crippen molar-refractivity contribution in [1.29, 1.82) is 0 Å². The van der Waals surface area contributed by atoms with Crippen molar-refractivity contribution in [2.24, 2.45) is 0 Å². The van der Waals surface area contributed by atoms with Gasteiger partial charge in [-0.2, -0.15) is 0 Å². The summed E-state index contributed by atoms with van der Waals surface area (Å²) in [5.41, 5.74) is 2.78. The fraction of sp³-hybridized carbons (Fsp3) is 0.462. The second-order valence-corrected chi connectivity index (χ2v) is 11.7. The Kier molecular flexibility index (Phi) is 8.89. The zero-order valence-corrected chi connectivity index (χ0v) is 22.1. The Balaban J connectivity index is 2.36. The first kappa shape index (κ1) is 27.4. The van der Waals surface area contributed by atoms with Gasteiger partial charge in [-0.1, -0.05) is 48.0 Å². The van der Waals surface area contributed by atoms with Crippen LogP contribution in [0.15, 0.2) is 48.5 Å². The Labute approximate surface area is 204 Å². The number of amides is 2. The average molecular weight is 488 g/mol. The van der Waals surface area contributed by atoms with Crippen molar-refractivity contribution in [3.8, 4) is 0 Å². The largest absolute Gasteiger partial charge is 0.350 e. The molecule has 186 valence electrons. The summed E-state index contributed by atoms with van der Waals surface area (Å²) in [7, 11) is -3.74. The molecule has 0 spiro atoms. The van der Waals surface area contributed by atoms with Crippen molar-refractivity contribution in [3.05, 3.63) is 65.2 Å². The zero-order valence-electron chi connectivity index (χ0n) is 21.3. The number of hydrogen-bond acceptors (Lipinski definition) is 4. The first-order chi connectivity index (χ1) is 15.7. The molecule has 0 aliphatic carbocycles. The first-order valence-corrected chi connectivity index (χ1v) is 13.2. The monoisotopic (exact) mass is 487 g/mol. The summed E-state index contributed by atoms with van der Waals surface area (Å²) < 4.78 is 26.5. The molecule has 2 aromatic carbocycles. The summed E-state index contributed by atoms with van der Waals surface area (Å²) in [4.78, 5) is 27.9. The van der Waals surface area contributed by atoms with Gasteiger partial charge in [0.1, 0.15) is 12.6 Å². The lowest BCUT2D eigenvalue weighted by atomic mass is 10.1. The SMILES string of the molecule is Cc1ccc(N(CC(=O)N(CCc2ccccc2)C(C)C(=O)NC(C)(C)C)S(C)(=O)=O)c(C)c1. The van der Waals surface area contributed by atoms with Gasteiger partial charge in [0, 0.05) is 12.1 Å². The van der Waals surface area contributed by atoms with E-state index >= 15 is 0 Å². The Hall–Kier alpha value is -2.87. The van der Waals surface area contributed by atoms with E-state index in [0.717, 1.165) is 27.3 Å². The highest BCUT2D eigenvalue weighted by molar-refractivity contribution is 7.92. The second kappa shape index (κ2) is 11.0. The van der Waals surface area contributed by atoms with Crippen molar-refractivity contribution in [3.63, 3.8) is 0 Å². The molecule has 0 aromatic heterocycles. The van der Waals surface area contributed by atoms with Gasteiger partial charge >= 0.3 is 0 Å². The number of nitrogens with zero attached hydrogens (tertiary/aromatic N) is 2. The molecule has 34 heavy (non-hydrogen) atoms. The quantitative estimate of drug-likeness (QED) is 0.587. The molecule has 8 heteroatoms. The van der Waals surface area contributed by atoms with Crippen LogP contribution >= 0.6 is 0 Å². The van der Waals surface area contributed by atoms with Gasteiger partial charge in [0.2, 0.25) is 21.8 Å². The van der Waals surface area contributed by atoms with Gasteiger partial charge in [-0.05, 0) is 65.2 Å². The summed E-state index contributed by atoms with van der Waals surface area (Å²) >= 11 is 0. The van der Waals surface area contributed by atoms with Gasteiger partial charge in [-0.25, -0.2) is 8.42 Å². The maximum Gasteiger partial charge on any atom is 0.244 e. The summed E-state index contributed by atoms with van der Waals surface area (Å²) in [5, 5.41) is 2.92. The van der Waals surface area contributed by atoms with Crippen LogP contribution in [-0.2, 0) is 26.0 Å². The van der Waals surface area contributed by atoms with E-state index < -0.39 is 27.5 Å². The molecular formula is C26H37N3O4S. The third-order valence-corrected chi connectivity index (χ3v) is 6.58. The molecule has 0 fully saturated rings. The number of sulfonamides is 1. The van der Waals surface area contributed by atoms with E-state index in [2.05, 4.69) is 5.32 Å². The number of anilines is 1. The maximum atomic E-state index is 13.5. The summed E-state index contributed by atoms with van der Waals surface area (Å²) in [6, 6.07) is 14.3. The summed E-state index contributed by atoms with van der Waals surface area (Å²) in [6.45, 7) is 10.9. The normalized spacial score (nSPS) is 12.7. The molecule has 1 unspecified atom stereocenters. The number of carbonyl (C=O) groups is 2. The Morgan fingerprint density at radius 1 is 1.03 bits per heavy atom. The highest BCUT2D eigenvalue weighted by Crippen LogP contribution is 2.24. The van der Waals surface area contributed by atoms with Gasteiger partial charge in [-0.15, -0.1) is 0 Å². The van der Waals surface area contributed by atoms with Crippen molar-refractivity contribution < 1.29 is 18.0 Å². The van der Waals surface area contributed by atoms with Gasteiger partial charge in [0.25, 0.3) is 0 Å². The fourth-order valence-electron chi connectivity index (χ4n) is 3.72. The number of aryl methyl sites for hydroxylation is 2. The average Bonchev–Trinajstić information content (AvgIpc) is 2.71. The molecule has 0 radical (unpaired) electrons. The smallest absolute Gasteiger partial charge is 0.244 e. The number of rotatable bonds is 9. The predicted octanol–water partition coefficient (Wildman–Crippen LogP) is 3.44. The molecule has 7 nitrogen and oxygen atoms in total. The minimum Gasteiger partial charge on any atom is -0.350 e. The predicted molar refractivity (Wildman–Crippen MR) is 137 cm³/mol. The number of hydrogen-bond donors (Lipinski definition) is 1. The van der Waals surface area contributed by atoms with Crippen LogP contribution in [0, 0.1) is 13.8 Å². The minimum atomic E-state index is -3.74. The van der Waals surface area contributed by atoms with E-state index in [1.807, 2.05) is 77.1 Å². The summed E-state index contributed by atoms with van der Waals surface area (Å²) in [6.07, 6.45) is 1.63. The van der Waals surface area contributed by atoms with Crippen molar-refractivity contribution in [2.45, 2.75) is 59.5 Å². The van der Waals surface area contributed by atoms with E-state index in [9.17, 15) is 18.0 Å². The highest BCUT2D eigenvalue weighted by atomic mass is 32.2. The molecule has 0 aliphatic rings. The number of carbonyl (C=O) groups excluding carboxylic acids is 2.